The zero-order valence-corrected chi connectivity index (χ0v) is 19.4. The van der Waals surface area contributed by atoms with E-state index in [4.69, 9.17) is 11.6 Å². The molecule has 1 heterocycles. The van der Waals surface area contributed by atoms with Crippen molar-refractivity contribution in [1.29, 1.82) is 0 Å². The molecule has 0 saturated heterocycles. The molecule has 30 heavy (non-hydrogen) atoms. The Kier molecular flexibility index (Phi) is 7.49. The van der Waals surface area contributed by atoms with Crippen LogP contribution in [0.15, 0.2) is 84.4 Å². The fraction of sp³-hybridized carbons (Fsp3) is 0.0500. The molecule has 0 aliphatic heterocycles. The van der Waals surface area contributed by atoms with Crippen molar-refractivity contribution in [1.82, 2.24) is 4.98 Å². The van der Waals surface area contributed by atoms with Crippen molar-refractivity contribution in [2.45, 2.75) is 6.42 Å². The Morgan fingerprint density at radius 2 is 1.30 bits per heavy atom. The van der Waals surface area contributed by atoms with Crippen LogP contribution in [0.5, 0.6) is 0 Å². The van der Waals surface area contributed by atoms with Crippen LogP contribution >= 0.6 is 22.9 Å². The van der Waals surface area contributed by atoms with E-state index in [-0.39, 0.29) is 0 Å². The zero-order valence-electron chi connectivity index (χ0n) is 15.2. The van der Waals surface area contributed by atoms with Crippen LogP contribution in [0, 0.1) is 0 Å². The molecule has 0 atom stereocenters. The molecule has 0 saturated carbocycles. The van der Waals surface area contributed by atoms with Crippen molar-refractivity contribution in [3.63, 3.8) is 0 Å². The molecule has 0 spiro atoms. The van der Waals surface area contributed by atoms with Crippen LogP contribution in [0.4, 0.5) is 16.9 Å². The third-order valence-corrected chi connectivity index (χ3v) is 4.42. The summed E-state index contributed by atoms with van der Waals surface area (Å²) >= 11 is -3.66. The van der Waals surface area contributed by atoms with Gasteiger partial charge in [0.05, 0.1) is 15.7 Å². The van der Waals surface area contributed by atoms with Gasteiger partial charge in [-0.1, -0.05) is 66.2 Å². The normalized spacial score (nSPS) is 13.2. The number of aromatic nitrogens is 1. The van der Waals surface area contributed by atoms with Gasteiger partial charge in [0.25, 0.3) is 0 Å². The Balaban J connectivity index is 0.000000173. The van der Waals surface area contributed by atoms with E-state index in [2.05, 4.69) is 41.4 Å². The summed E-state index contributed by atoms with van der Waals surface area (Å²) in [5.41, 5.74) is 5.53. The fourth-order valence-electron chi connectivity index (χ4n) is 2.28. The Morgan fingerprint density at radius 1 is 0.733 bits per heavy atom. The van der Waals surface area contributed by atoms with Gasteiger partial charge in [-0.05, 0) is 41.8 Å². The summed E-state index contributed by atoms with van der Waals surface area (Å²) in [5.74, 6) is 0. The predicted molar refractivity (Wildman–Crippen MR) is 113 cm³/mol. The molecular weight excluding hydrogens is 557 g/mol. The number of nitrogens with zero attached hydrogens (tertiary/aromatic N) is 1. The molecule has 0 amide bonds. The number of benzene rings is 3. The van der Waals surface area contributed by atoms with Crippen molar-refractivity contribution in [3.8, 4) is 0 Å². The van der Waals surface area contributed by atoms with Crippen LogP contribution in [0.3, 0.4) is 0 Å². The second-order valence-electron chi connectivity index (χ2n) is 6.07. The number of thiazole rings is 1. The van der Waals surface area contributed by atoms with Crippen LogP contribution < -0.4 is 0 Å². The first kappa shape index (κ1) is 24.5. The molecule has 0 N–H and O–H groups in total. The van der Waals surface area contributed by atoms with Crippen molar-refractivity contribution in [3.05, 3.63) is 101 Å². The molecule has 0 radical (unpaired) electrons. The number of para-hydroxylation sites is 1. The quantitative estimate of drug-likeness (QED) is 0.173. The van der Waals surface area contributed by atoms with Gasteiger partial charge in [-0.2, -0.15) is 0 Å². The van der Waals surface area contributed by atoms with Crippen LogP contribution in [0.2, 0.25) is 5.02 Å². The predicted octanol–water partition coefficient (Wildman–Crippen LogP) is 8.37. The van der Waals surface area contributed by atoms with E-state index < -0.39 is 19.5 Å². The number of halogens is 7. The Morgan fingerprint density at radius 3 is 1.90 bits per heavy atom. The third kappa shape index (κ3) is 12.1. The minimum absolute atomic E-state index is 0.804. The number of rotatable bonds is 2. The summed E-state index contributed by atoms with van der Waals surface area (Å²) in [7, 11) is 0. The maximum absolute atomic E-state index is 11.2. The topological polar surface area (TPSA) is 12.9 Å². The molecule has 0 fully saturated rings. The molecule has 4 aromatic rings. The second-order valence-corrected chi connectivity index (χ2v) is 12.9. The molecule has 4 rings (SSSR count). The summed E-state index contributed by atoms with van der Waals surface area (Å²) in [6, 6.07) is 26.5. The van der Waals surface area contributed by atoms with E-state index in [1.165, 1.54) is 15.8 Å². The third-order valence-electron chi connectivity index (χ3n) is 3.38. The van der Waals surface area contributed by atoms with Gasteiger partial charge in [0.1, 0.15) is 0 Å². The van der Waals surface area contributed by atoms with Crippen molar-refractivity contribution in [2.24, 2.45) is 0 Å². The first-order valence-corrected chi connectivity index (χ1v) is 15.4. The largest absolute Gasteiger partial charge is 0.245 e. The van der Waals surface area contributed by atoms with Crippen molar-refractivity contribution in [2.75, 3.05) is 0 Å². The molecule has 10 heteroatoms. The van der Waals surface area contributed by atoms with E-state index in [1.54, 1.807) is 11.3 Å². The van der Waals surface area contributed by atoms with Gasteiger partial charge in [0.2, 0.25) is 0 Å². The second kappa shape index (κ2) is 9.16. The summed E-state index contributed by atoms with van der Waals surface area (Å²) < 4.78 is 60.8. The Hall–Kier alpha value is -1.76. The number of hydrogen-bond acceptors (Lipinski definition) is 2. The number of hydrogen-bond donors (Lipinski definition) is 0. The van der Waals surface area contributed by atoms with E-state index in [9.17, 15) is 16.9 Å². The SMILES string of the molecule is Clc1cccc(Cc2ccccc2)c1.[F][Sb-]([F])([F])([F])([F])[F].c1ccc2scnc2c1. The average Bonchev–Trinajstić information content (AvgIpc) is 3.09. The molecule has 1 nitrogen and oxygen atoms in total. The maximum Gasteiger partial charge on any atom is 0.0812 e. The van der Waals surface area contributed by atoms with Gasteiger partial charge >= 0.3 is 36.4 Å². The van der Waals surface area contributed by atoms with Crippen LogP contribution in [0.25, 0.3) is 10.2 Å². The zero-order chi connectivity index (χ0) is 22.3. The monoisotopic (exact) mass is 572 g/mol. The fourth-order valence-corrected chi connectivity index (χ4v) is 3.17. The first-order valence-electron chi connectivity index (χ1n) is 8.39. The minimum atomic E-state index is -11.2. The van der Waals surface area contributed by atoms with E-state index in [0.29, 0.717) is 0 Å². The van der Waals surface area contributed by atoms with Gasteiger partial charge in [0.15, 0.2) is 0 Å². The smallest absolute Gasteiger partial charge is 0.0812 e. The first-order chi connectivity index (χ1) is 13.8. The van der Waals surface area contributed by atoms with Gasteiger partial charge < -0.3 is 0 Å². The van der Waals surface area contributed by atoms with E-state index >= 15 is 0 Å². The summed E-state index contributed by atoms with van der Waals surface area (Å²) in [6.07, 6.45) is 0.946. The van der Waals surface area contributed by atoms with Crippen LogP contribution in [-0.2, 0) is 6.42 Å². The van der Waals surface area contributed by atoms with E-state index in [1.807, 2.05) is 48.0 Å². The molecule has 0 bridgehead atoms. The average molecular weight is 574 g/mol. The van der Waals surface area contributed by atoms with Gasteiger partial charge in [-0.3, -0.25) is 0 Å². The molecule has 3 aromatic carbocycles. The van der Waals surface area contributed by atoms with Crippen LogP contribution in [-0.4, -0.2) is 24.5 Å². The van der Waals surface area contributed by atoms with Crippen LogP contribution in [0.1, 0.15) is 11.1 Å². The molecular formula is C20H16ClF6NSSb-. The number of fused-ring (bicyclic) bond motifs is 1. The molecule has 162 valence electrons. The minimum Gasteiger partial charge on any atom is -0.245 e. The summed E-state index contributed by atoms with van der Waals surface area (Å²) in [4.78, 5) is 4.14. The van der Waals surface area contributed by atoms with Crippen molar-refractivity contribution < 1.29 is 16.9 Å². The molecule has 0 unspecified atom stereocenters. The molecule has 0 aliphatic rings. The summed E-state index contributed by atoms with van der Waals surface area (Å²) in [6.45, 7) is 0. The summed E-state index contributed by atoms with van der Waals surface area (Å²) in [5, 5.41) is 0.804. The molecule has 1 aromatic heterocycles. The van der Waals surface area contributed by atoms with Gasteiger partial charge in [-0.15, -0.1) is 11.3 Å². The van der Waals surface area contributed by atoms with Gasteiger partial charge in [-0.25, -0.2) is 4.98 Å². The van der Waals surface area contributed by atoms with E-state index in [0.717, 1.165) is 17.0 Å². The Labute approximate surface area is 180 Å². The molecule has 0 aliphatic carbocycles. The maximum atomic E-state index is 9.93. The Bertz CT molecular complexity index is 1040. The standard InChI is InChI=1S/C13H11Cl.C7H5NS.6FH.Sb/c14-13-8-4-7-12(10-13)9-11-5-2-1-3-6-11;1-2-4-7-6(3-1)8-5-9-7;;;;;;;/h1-8,10H,9H2;1-5H;6*1H;/q;;;;;;;;+5/p-6. The van der Waals surface area contributed by atoms with Crippen molar-refractivity contribution >= 4 is 52.6 Å². The van der Waals surface area contributed by atoms with Gasteiger partial charge in [0, 0.05) is 5.02 Å².